The number of halogens is 2. The predicted molar refractivity (Wildman–Crippen MR) is 114 cm³/mol. The summed E-state index contributed by atoms with van der Waals surface area (Å²) in [6.45, 7) is 6.04. The van der Waals surface area contributed by atoms with E-state index in [9.17, 15) is 14.0 Å². The molecular formula is C23H28ClFN2O2. The number of carbonyl (C=O) groups is 2. The van der Waals surface area contributed by atoms with E-state index in [-0.39, 0.29) is 36.6 Å². The summed E-state index contributed by atoms with van der Waals surface area (Å²) in [4.78, 5) is 27.6. The topological polar surface area (TPSA) is 49.4 Å². The number of amides is 2. The first-order chi connectivity index (χ1) is 13.8. The largest absolute Gasteiger partial charge is 0.352 e. The van der Waals surface area contributed by atoms with Crippen molar-refractivity contribution in [3.63, 3.8) is 0 Å². The summed E-state index contributed by atoms with van der Waals surface area (Å²) in [5.74, 6) is -0.738. The molecule has 0 aliphatic carbocycles. The average Bonchev–Trinajstić information content (AvgIpc) is 2.70. The maximum Gasteiger partial charge on any atom is 0.243 e. The first kappa shape index (κ1) is 22.9. The van der Waals surface area contributed by atoms with Crippen molar-refractivity contribution in [2.45, 2.75) is 58.7 Å². The zero-order valence-corrected chi connectivity index (χ0v) is 17.9. The Morgan fingerprint density at radius 3 is 2.31 bits per heavy atom. The fraction of sp³-hybridized carbons (Fsp3) is 0.391. The predicted octanol–water partition coefficient (Wildman–Crippen LogP) is 4.74. The van der Waals surface area contributed by atoms with E-state index in [2.05, 4.69) is 5.32 Å². The van der Waals surface area contributed by atoms with Crippen LogP contribution in [-0.2, 0) is 22.6 Å². The Kier molecular flexibility index (Phi) is 8.65. The molecule has 0 fully saturated rings. The second-order valence-corrected chi connectivity index (χ2v) is 7.57. The molecule has 4 nitrogen and oxygen atoms in total. The number of carbonyl (C=O) groups excluding carboxylic acids is 2. The molecule has 0 heterocycles. The zero-order valence-electron chi connectivity index (χ0n) is 17.1. The summed E-state index contributed by atoms with van der Waals surface area (Å²) in [5, 5.41) is 3.52. The number of hydrogen-bond donors (Lipinski definition) is 1. The summed E-state index contributed by atoms with van der Waals surface area (Å²) in [7, 11) is 0. The lowest BCUT2D eigenvalue weighted by Gasteiger charge is -2.31. The van der Waals surface area contributed by atoms with Crippen LogP contribution in [0, 0.1) is 5.82 Å². The lowest BCUT2D eigenvalue weighted by Crippen LogP contribution is -2.51. The molecule has 0 aliphatic heterocycles. The monoisotopic (exact) mass is 418 g/mol. The first-order valence-electron chi connectivity index (χ1n) is 9.93. The maximum absolute atomic E-state index is 13.2. The Hall–Kier alpha value is -2.40. The van der Waals surface area contributed by atoms with Crippen molar-refractivity contribution in [3.05, 3.63) is 70.5 Å². The highest BCUT2D eigenvalue weighted by atomic mass is 35.5. The van der Waals surface area contributed by atoms with Crippen molar-refractivity contribution >= 4 is 23.4 Å². The van der Waals surface area contributed by atoms with Crippen LogP contribution in [0.25, 0.3) is 0 Å². The third kappa shape index (κ3) is 6.57. The standard InChI is InChI=1S/C23H28ClFN2O2/c1-4-16(3)26-23(29)21(5-2)27(15-18-8-6-7-9-20(18)24)22(28)14-17-10-12-19(25)13-11-17/h6-13,16,21H,4-5,14-15H2,1-3H3,(H,26,29)/t16-,21+/m0/s1. The van der Waals surface area contributed by atoms with E-state index in [4.69, 9.17) is 11.6 Å². The minimum absolute atomic E-state index is 0.0194. The Morgan fingerprint density at radius 1 is 1.07 bits per heavy atom. The van der Waals surface area contributed by atoms with Gasteiger partial charge in [-0.2, -0.15) is 0 Å². The van der Waals surface area contributed by atoms with Crippen molar-refractivity contribution in [1.29, 1.82) is 0 Å². The van der Waals surface area contributed by atoms with Gasteiger partial charge in [-0.15, -0.1) is 0 Å². The molecule has 0 bridgehead atoms. The fourth-order valence-electron chi connectivity index (χ4n) is 3.05. The molecule has 29 heavy (non-hydrogen) atoms. The molecule has 0 unspecified atom stereocenters. The van der Waals surface area contributed by atoms with Gasteiger partial charge in [0.25, 0.3) is 0 Å². The van der Waals surface area contributed by atoms with Gasteiger partial charge in [-0.1, -0.05) is 55.8 Å². The first-order valence-corrected chi connectivity index (χ1v) is 10.3. The zero-order chi connectivity index (χ0) is 21.4. The van der Waals surface area contributed by atoms with Crippen LogP contribution in [0.4, 0.5) is 4.39 Å². The Labute approximate surface area is 177 Å². The van der Waals surface area contributed by atoms with Crippen molar-refractivity contribution in [2.24, 2.45) is 0 Å². The highest BCUT2D eigenvalue weighted by Gasteiger charge is 2.29. The molecule has 2 amide bonds. The second-order valence-electron chi connectivity index (χ2n) is 7.16. The van der Waals surface area contributed by atoms with Crippen LogP contribution in [-0.4, -0.2) is 28.8 Å². The summed E-state index contributed by atoms with van der Waals surface area (Å²) in [5.41, 5.74) is 1.47. The van der Waals surface area contributed by atoms with Gasteiger partial charge in [-0.05, 0) is 49.1 Å². The van der Waals surface area contributed by atoms with Crippen molar-refractivity contribution < 1.29 is 14.0 Å². The van der Waals surface area contributed by atoms with Crippen LogP contribution < -0.4 is 5.32 Å². The van der Waals surface area contributed by atoms with Crippen LogP contribution in [0.5, 0.6) is 0 Å². The molecule has 156 valence electrons. The Balaban J connectivity index is 2.30. The van der Waals surface area contributed by atoms with Crippen LogP contribution in [0.2, 0.25) is 5.02 Å². The van der Waals surface area contributed by atoms with E-state index in [1.165, 1.54) is 12.1 Å². The van der Waals surface area contributed by atoms with Crippen LogP contribution >= 0.6 is 11.6 Å². The number of rotatable bonds is 9. The molecule has 0 saturated carbocycles. The SMILES string of the molecule is CC[C@H](C(=O)N[C@@H](C)CC)N(Cc1ccccc1Cl)C(=O)Cc1ccc(F)cc1. The number of benzene rings is 2. The molecule has 0 aromatic heterocycles. The van der Waals surface area contributed by atoms with Gasteiger partial charge >= 0.3 is 0 Å². The number of hydrogen-bond acceptors (Lipinski definition) is 2. The van der Waals surface area contributed by atoms with Gasteiger partial charge in [0.2, 0.25) is 11.8 Å². The fourth-order valence-corrected chi connectivity index (χ4v) is 3.24. The van der Waals surface area contributed by atoms with E-state index in [1.807, 2.05) is 39.0 Å². The van der Waals surface area contributed by atoms with Crippen molar-refractivity contribution in [3.8, 4) is 0 Å². The lowest BCUT2D eigenvalue weighted by molar-refractivity contribution is -0.141. The van der Waals surface area contributed by atoms with Crippen LogP contribution in [0.15, 0.2) is 48.5 Å². The quantitative estimate of drug-likeness (QED) is 0.639. The summed E-state index contributed by atoms with van der Waals surface area (Å²) >= 11 is 6.30. The third-order valence-electron chi connectivity index (χ3n) is 4.95. The van der Waals surface area contributed by atoms with Crippen LogP contribution in [0.1, 0.15) is 44.7 Å². The minimum Gasteiger partial charge on any atom is -0.352 e. The summed E-state index contributed by atoms with van der Waals surface area (Å²) in [6.07, 6.45) is 1.36. The normalized spacial score (nSPS) is 12.9. The van der Waals surface area contributed by atoms with Gasteiger partial charge in [0, 0.05) is 17.6 Å². The van der Waals surface area contributed by atoms with Gasteiger partial charge in [-0.25, -0.2) is 4.39 Å². The molecule has 2 atom stereocenters. The molecule has 1 N–H and O–H groups in total. The second kappa shape index (κ2) is 11.0. The minimum atomic E-state index is -0.617. The van der Waals surface area contributed by atoms with Gasteiger partial charge in [0.1, 0.15) is 11.9 Å². The molecule has 6 heteroatoms. The smallest absolute Gasteiger partial charge is 0.243 e. The highest BCUT2D eigenvalue weighted by Crippen LogP contribution is 2.20. The van der Waals surface area contributed by atoms with Crippen molar-refractivity contribution in [2.75, 3.05) is 0 Å². The van der Waals surface area contributed by atoms with Crippen LogP contribution in [0.3, 0.4) is 0 Å². The Bertz CT molecular complexity index is 826. The van der Waals surface area contributed by atoms with E-state index in [1.54, 1.807) is 23.1 Å². The molecule has 0 saturated heterocycles. The van der Waals surface area contributed by atoms with Crippen molar-refractivity contribution in [1.82, 2.24) is 10.2 Å². The number of nitrogens with one attached hydrogen (secondary N) is 1. The summed E-state index contributed by atoms with van der Waals surface area (Å²) in [6, 6.07) is 12.5. The van der Waals surface area contributed by atoms with E-state index < -0.39 is 6.04 Å². The molecule has 0 spiro atoms. The van der Waals surface area contributed by atoms with E-state index >= 15 is 0 Å². The molecular weight excluding hydrogens is 391 g/mol. The average molecular weight is 419 g/mol. The third-order valence-corrected chi connectivity index (χ3v) is 5.32. The maximum atomic E-state index is 13.2. The molecule has 0 radical (unpaired) electrons. The lowest BCUT2D eigenvalue weighted by atomic mass is 10.1. The van der Waals surface area contributed by atoms with Gasteiger partial charge in [0.05, 0.1) is 6.42 Å². The molecule has 2 aromatic carbocycles. The molecule has 0 aliphatic rings. The summed E-state index contributed by atoms with van der Waals surface area (Å²) < 4.78 is 13.2. The van der Waals surface area contributed by atoms with Gasteiger partial charge in [0.15, 0.2) is 0 Å². The van der Waals surface area contributed by atoms with E-state index in [0.29, 0.717) is 17.0 Å². The Morgan fingerprint density at radius 2 is 1.72 bits per heavy atom. The number of nitrogens with zero attached hydrogens (tertiary/aromatic N) is 1. The molecule has 2 rings (SSSR count). The van der Waals surface area contributed by atoms with Gasteiger partial charge < -0.3 is 10.2 Å². The highest BCUT2D eigenvalue weighted by molar-refractivity contribution is 6.31. The van der Waals surface area contributed by atoms with E-state index in [0.717, 1.165) is 12.0 Å². The molecule has 2 aromatic rings. The van der Waals surface area contributed by atoms with Gasteiger partial charge in [-0.3, -0.25) is 9.59 Å².